The van der Waals surface area contributed by atoms with Crippen molar-refractivity contribution in [2.24, 2.45) is 5.73 Å². The first-order valence-corrected chi connectivity index (χ1v) is 6.64. The van der Waals surface area contributed by atoms with Crippen LogP contribution in [0.25, 0.3) is 0 Å². The summed E-state index contributed by atoms with van der Waals surface area (Å²) in [5.74, 6) is 0.0667. The summed E-state index contributed by atoms with van der Waals surface area (Å²) in [5, 5.41) is 0. The fraction of sp³-hybridized carbons (Fsp3) is 0.214. The predicted octanol–water partition coefficient (Wildman–Crippen LogP) is 3.45. The second-order valence-electron chi connectivity index (χ2n) is 4.29. The highest BCUT2D eigenvalue weighted by Crippen LogP contribution is 2.27. The molecule has 0 bridgehead atoms. The zero-order valence-corrected chi connectivity index (χ0v) is 12.0. The summed E-state index contributed by atoms with van der Waals surface area (Å²) in [6.45, 7) is 1.84. The average Bonchev–Trinajstić information content (AvgIpc) is 2.35. The van der Waals surface area contributed by atoms with Gasteiger partial charge in [0.2, 0.25) is 0 Å². The number of nitrogens with two attached hydrogens (primary N) is 1. The Morgan fingerprint density at radius 3 is 2.74 bits per heavy atom. The lowest BCUT2D eigenvalue weighted by molar-refractivity contribution is 0.179. The molecule has 0 fully saturated rings. The number of benzene rings is 1. The van der Waals surface area contributed by atoms with Crippen LogP contribution in [0.5, 0.6) is 5.75 Å². The third-order valence-corrected chi connectivity index (χ3v) is 3.05. The van der Waals surface area contributed by atoms with E-state index in [4.69, 9.17) is 10.5 Å². The van der Waals surface area contributed by atoms with Gasteiger partial charge in [0, 0.05) is 34.5 Å². The number of rotatable bonds is 4. The van der Waals surface area contributed by atoms with Crippen LogP contribution >= 0.6 is 15.9 Å². The van der Waals surface area contributed by atoms with Crippen LogP contribution in [0.2, 0.25) is 0 Å². The van der Waals surface area contributed by atoms with Crippen molar-refractivity contribution >= 4 is 15.9 Å². The van der Waals surface area contributed by atoms with Crippen LogP contribution in [0.1, 0.15) is 18.6 Å². The van der Waals surface area contributed by atoms with Crippen molar-refractivity contribution in [1.29, 1.82) is 0 Å². The van der Waals surface area contributed by atoms with Crippen molar-refractivity contribution in [2.75, 3.05) is 0 Å². The highest BCUT2D eigenvalue weighted by atomic mass is 79.9. The largest absolute Gasteiger partial charge is 0.484 e. The molecule has 2 atom stereocenters. The van der Waals surface area contributed by atoms with Crippen molar-refractivity contribution < 1.29 is 9.13 Å². The van der Waals surface area contributed by atoms with Gasteiger partial charge >= 0.3 is 0 Å². The first-order chi connectivity index (χ1) is 9.06. The average molecular weight is 325 g/mol. The molecule has 0 aliphatic carbocycles. The molecular weight excluding hydrogens is 311 g/mol. The maximum atomic E-state index is 13.3. The van der Waals surface area contributed by atoms with E-state index in [2.05, 4.69) is 20.9 Å². The number of nitrogens with zero attached hydrogens (tertiary/aromatic N) is 1. The zero-order chi connectivity index (χ0) is 13.8. The van der Waals surface area contributed by atoms with E-state index in [0.29, 0.717) is 10.2 Å². The Morgan fingerprint density at radius 1 is 1.37 bits per heavy atom. The van der Waals surface area contributed by atoms with Crippen LogP contribution in [0.4, 0.5) is 4.39 Å². The molecule has 1 aromatic heterocycles. The van der Waals surface area contributed by atoms with Gasteiger partial charge in [0.1, 0.15) is 17.7 Å². The van der Waals surface area contributed by atoms with Gasteiger partial charge in [-0.05, 0) is 25.1 Å². The van der Waals surface area contributed by atoms with E-state index < -0.39 is 0 Å². The number of hydrogen-bond donors (Lipinski definition) is 1. The normalized spacial score (nSPS) is 13.9. The lowest BCUT2D eigenvalue weighted by Crippen LogP contribution is -2.29. The Morgan fingerprint density at radius 2 is 2.16 bits per heavy atom. The minimum Gasteiger partial charge on any atom is -0.484 e. The smallest absolute Gasteiger partial charge is 0.140 e. The van der Waals surface area contributed by atoms with E-state index in [-0.39, 0.29) is 18.0 Å². The number of hydrogen-bond acceptors (Lipinski definition) is 3. The van der Waals surface area contributed by atoms with Gasteiger partial charge in [-0.25, -0.2) is 4.39 Å². The van der Waals surface area contributed by atoms with E-state index in [9.17, 15) is 4.39 Å². The van der Waals surface area contributed by atoms with Gasteiger partial charge in [-0.2, -0.15) is 0 Å². The fourth-order valence-corrected chi connectivity index (χ4v) is 2.21. The molecule has 0 radical (unpaired) electrons. The molecule has 3 nitrogen and oxygen atoms in total. The monoisotopic (exact) mass is 324 g/mol. The van der Waals surface area contributed by atoms with Gasteiger partial charge in [0.15, 0.2) is 0 Å². The molecule has 0 aliphatic heterocycles. The molecule has 2 aromatic rings. The highest BCUT2D eigenvalue weighted by molar-refractivity contribution is 9.10. The summed E-state index contributed by atoms with van der Waals surface area (Å²) >= 11 is 3.23. The van der Waals surface area contributed by atoms with Crippen LogP contribution in [-0.2, 0) is 0 Å². The van der Waals surface area contributed by atoms with E-state index in [1.54, 1.807) is 18.5 Å². The molecule has 2 N–H and O–H groups in total. The minimum atomic E-state index is -0.373. The standard InChI is InChI=1S/C14H14BrFN2O/c1-9(17)14(10-3-2-4-18-8-10)19-13-6-11(15)5-12(16)7-13/h2-9,14H,17H2,1H3. The van der Waals surface area contributed by atoms with E-state index in [1.165, 1.54) is 12.1 Å². The van der Waals surface area contributed by atoms with Crippen molar-refractivity contribution in [2.45, 2.75) is 19.1 Å². The molecule has 0 aliphatic rings. The molecule has 2 rings (SSSR count). The van der Waals surface area contributed by atoms with Crippen LogP contribution in [0.15, 0.2) is 47.2 Å². The predicted molar refractivity (Wildman–Crippen MR) is 75.4 cm³/mol. The maximum Gasteiger partial charge on any atom is 0.140 e. The van der Waals surface area contributed by atoms with E-state index in [0.717, 1.165) is 5.56 Å². The summed E-state index contributed by atoms with van der Waals surface area (Å²) in [5.41, 5.74) is 6.79. The molecule has 100 valence electrons. The Bertz CT molecular complexity index is 528. The van der Waals surface area contributed by atoms with E-state index in [1.807, 2.05) is 19.1 Å². The minimum absolute atomic E-state index is 0.244. The SMILES string of the molecule is CC(N)C(Oc1cc(F)cc(Br)c1)c1cccnc1. The molecule has 0 spiro atoms. The quantitative estimate of drug-likeness (QED) is 0.937. The summed E-state index contributed by atoms with van der Waals surface area (Å²) in [7, 11) is 0. The molecule has 19 heavy (non-hydrogen) atoms. The van der Waals surface area contributed by atoms with Gasteiger partial charge in [-0.3, -0.25) is 4.98 Å². The molecule has 0 amide bonds. The fourth-order valence-electron chi connectivity index (χ4n) is 1.77. The third kappa shape index (κ3) is 3.75. The molecular formula is C14H14BrFN2O. The van der Waals surface area contributed by atoms with Gasteiger partial charge in [-0.1, -0.05) is 22.0 Å². The summed E-state index contributed by atoms with van der Waals surface area (Å²) in [6, 6.07) is 7.86. The zero-order valence-electron chi connectivity index (χ0n) is 10.4. The van der Waals surface area contributed by atoms with Gasteiger partial charge < -0.3 is 10.5 Å². The van der Waals surface area contributed by atoms with Gasteiger partial charge in [0.05, 0.1) is 0 Å². The summed E-state index contributed by atoms with van der Waals surface area (Å²) in [6.07, 6.45) is 3.01. The number of ether oxygens (including phenoxy) is 1. The Hall–Kier alpha value is -1.46. The van der Waals surface area contributed by atoms with E-state index >= 15 is 0 Å². The lowest BCUT2D eigenvalue weighted by atomic mass is 10.1. The molecule has 5 heteroatoms. The second kappa shape index (κ2) is 6.12. The molecule has 1 heterocycles. The molecule has 2 unspecified atom stereocenters. The third-order valence-electron chi connectivity index (χ3n) is 2.59. The summed E-state index contributed by atoms with van der Waals surface area (Å²) in [4.78, 5) is 4.05. The maximum absolute atomic E-state index is 13.3. The molecule has 0 saturated carbocycles. The highest BCUT2D eigenvalue weighted by Gasteiger charge is 2.18. The number of aromatic nitrogens is 1. The topological polar surface area (TPSA) is 48.1 Å². The first kappa shape index (κ1) is 14.0. The molecule has 0 saturated heterocycles. The lowest BCUT2D eigenvalue weighted by Gasteiger charge is -2.22. The van der Waals surface area contributed by atoms with Crippen molar-refractivity contribution in [3.05, 3.63) is 58.6 Å². The Kier molecular flexibility index (Phi) is 4.50. The van der Waals surface area contributed by atoms with Crippen LogP contribution < -0.4 is 10.5 Å². The van der Waals surface area contributed by atoms with Crippen molar-refractivity contribution in [1.82, 2.24) is 4.98 Å². The van der Waals surface area contributed by atoms with Gasteiger partial charge in [0.25, 0.3) is 0 Å². The Labute approximate surface area is 119 Å². The first-order valence-electron chi connectivity index (χ1n) is 5.84. The van der Waals surface area contributed by atoms with Crippen molar-refractivity contribution in [3.8, 4) is 5.75 Å². The number of halogens is 2. The molecule has 1 aromatic carbocycles. The number of pyridine rings is 1. The van der Waals surface area contributed by atoms with Gasteiger partial charge in [-0.15, -0.1) is 0 Å². The van der Waals surface area contributed by atoms with Crippen LogP contribution in [0.3, 0.4) is 0 Å². The van der Waals surface area contributed by atoms with Crippen molar-refractivity contribution in [3.63, 3.8) is 0 Å². The van der Waals surface area contributed by atoms with Crippen LogP contribution in [-0.4, -0.2) is 11.0 Å². The van der Waals surface area contributed by atoms with Crippen LogP contribution in [0, 0.1) is 5.82 Å². The Balaban J connectivity index is 2.27. The second-order valence-corrected chi connectivity index (χ2v) is 5.20. The summed E-state index contributed by atoms with van der Waals surface area (Å²) < 4.78 is 19.7.